The van der Waals surface area contributed by atoms with E-state index in [0.29, 0.717) is 25.4 Å². The zero-order valence-corrected chi connectivity index (χ0v) is 12.2. The van der Waals surface area contributed by atoms with Gasteiger partial charge in [0.15, 0.2) is 0 Å². The predicted octanol–water partition coefficient (Wildman–Crippen LogP) is 1.21. The summed E-state index contributed by atoms with van der Waals surface area (Å²) >= 11 is 0. The normalized spacial score (nSPS) is 10.8. The number of aromatic nitrogens is 3. The minimum Gasteiger partial charge on any atom is -0.496 e. The third kappa shape index (κ3) is 4.51. The number of rotatable bonds is 8. The van der Waals surface area contributed by atoms with Crippen molar-refractivity contribution in [2.45, 2.75) is 13.1 Å². The molecule has 0 aliphatic rings. The SMILES string of the molecule is COCCNCc1cn(Cc2cc(F)ccc2OC)nn1. The van der Waals surface area contributed by atoms with Crippen molar-refractivity contribution < 1.29 is 13.9 Å². The van der Waals surface area contributed by atoms with Crippen molar-refractivity contribution in [3.05, 3.63) is 41.5 Å². The molecule has 2 rings (SSSR count). The maximum Gasteiger partial charge on any atom is 0.124 e. The van der Waals surface area contributed by atoms with Gasteiger partial charge in [-0.15, -0.1) is 5.10 Å². The molecule has 0 bridgehead atoms. The zero-order valence-electron chi connectivity index (χ0n) is 12.2. The lowest BCUT2D eigenvalue weighted by atomic mass is 10.2. The molecule has 1 heterocycles. The molecule has 1 N–H and O–H groups in total. The highest BCUT2D eigenvalue weighted by molar-refractivity contribution is 5.34. The van der Waals surface area contributed by atoms with E-state index in [1.165, 1.54) is 12.1 Å². The van der Waals surface area contributed by atoms with Crippen LogP contribution >= 0.6 is 0 Å². The number of nitrogens with one attached hydrogen (secondary N) is 1. The smallest absolute Gasteiger partial charge is 0.124 e. The number of ether oxygens (including phenoxy) is 2. The van der Waals surface area contributed by atoms with Gasteiger partial charge in [0.05, 0.1) is 32.2 Å². The molecule has 6 nitrogen and oxygen atoms in total. The van der Waals surface area contributed by atoms with E-state index in [9.17, 15) is 4.39 Å². The number of hydrogen-bond acceptors (Lipinski definition) is 5. The third-order valence-electron chi connectivity index (χ3n) is 2.95. The summed E-state index contributed by atoms with van der Waals surface area (Å²) in [5, 5.41) is 11.3. The van der Waals surface area contributed by atoms with Crippen LogP contribution in [0.25, 0.3) is 0 Å². The van der Waals surface area contributed by atoms with E-state index >= 15 is 0 Å². The average Bonchev–Trinajstić information content (AvgIpc) is 2.91. The number of nitrogens with zero attached hydrogens (tertiary/aromatic N) is 3. The summed E-state index contributed by atoms with van der Waals surface area (Å²) in [7, 11) is 3.22. The molecule has 0 saturated heterocycles. The van der Waals surface area contributed by atoms with Crippen molar-refractivity contribution >= 4 is 0 Å². The molecule has 0 amide bonds. The summed E-state index contributed by atoms with van der Waals surface area (Å²) < 4.78 is 25.1. The highest BCUT2D eigenvalue weighted by atomic mass is 19.1. The summed E-state index contributed by atoms with van der Waals surface area (Å²) in [5.74, 6) is 0.332. The van der Waals surface area contributed by atoms with Crippen LogP contribution < -0.4 is 10.1 Å². The Morgan fingerprint density at radius 1 is 1.33 bits per heavy atom. The Balaban J connectivity index is 1.97. The van der Waals surface area contributed by atoms with Gasteiger partial charge in [-0.2, -0.15) is 0 Å². The highest BCUT2D eigenvalue weighted by Gasteiger charge is 2.07. The molecule has 1 aromatic heterocycles. The van der Waals surface area contributed by atoms with Crippen molar-refractivity contribution in [1.29, 1.82) is 0 Å². The molecule has 0 aliphatic heterocycles. The topological polar surface area (TPSA) is 61.2 Å². The van der Waals surface area contributed by atoms with Gasteiger partial charge in [0.1, 0.15) is 11.6 Å². The molecular formula is C14H19FN4O2. The van der Waals surface area contributed by atoms with E-state index in [1.54, 1.807) is 25.0 Å². The molecular weight excluding hydrogens is 275 g/mol. The van der Waals surface area contributed by atoms with Crippen LogP contribution in [0.15, 0.2) is 24.4 Å². The van der Waals surface area contributed by atoms with Crippen LogP contribution in [-0.4, -0.2) is 42.4 Å². The van der Waals surface area contributed by atoms with E-state index in [0.717, 1.165) is 17.8 Å². The number of hydrogen-bond donors (Lipinski definition) is 1. The Kier molecular flexibility index (Phi) is 5.65. The Morgan fingerprint density at radius 3 is 2.95 bits per heavy atom. The zero-order chi connectivity index (χ0) is 15.1. The second kappa shape index (κ2) is 7.70. The molecule has 0 aliphatic carbocycles. The summed E-state index contributed by atoms with van der Waals surface area (Å²) in [6.07, 6.45) is 1.82. The van der Waals surface area contributed by atoms with Gasteiger partial charge >= 0.3 is 0 Å². The second-order valence-electron chi connectivity index (χ2n) is 4.53. The summed E-state index contributed by atoms with van der Waals surface area (Å²) in [5.41, 5.74) is 1.54. The first-order valence-corrected chi connectivity index (χ1v) is 6.64. The summed E-state index contributed by atoms with van der Waals surface area (Å²) in [4.78, 5) is 0. The van der Waals surface area contributed by atoms with Gasteiger partial charge in [0.25, 0.3) is 0 Å². The first-order valence-electron chi connectivity index (χ1n) is 6.64. The van der Waals surface area contributed by atoms with E-state index in [4.69, 9.17) is 9.47 Å². The Bertz CT molecular complexity index is 574. The third-order valence-corrected chi connectivity index (χ3v) is 2.95. The molecule has 1 aromatic carbocycles. The van der Waals surface area contributed by atoms with Gasteiger partial charge in [0.2, 0.25) is 0 Å². The Morgan fingerprint density at radius 2 is 2.19 bits per heavy atom. The van der Waals surface area contributed by atoms with Gasteiger partial charge < -0.3 is 14.8 Å². The lowest BCUT2D eigenvalue weighted by molar-refractivity contribution is 0.199. The van der Waals surface area contributed by atoms with Crippen molar-refractivity contribution in [2.75, 3.05) is 27.4 Å². The van der Waals surface area contributed by atoms with Gasteiger partial charge in [-0.05, 0) is 18.2 Å². The number of halogens is 1. The van der Waals surface area contributed by atoms with Gasteiger partial charge in [0, 0.05) is 25.8 Å². The molecule has 21 heavy (non-hydrogen) atoms. The predicted molar refractivity (Wildman–Crippen MR) is 75.7 cm³/mol. The molecule has 7 heteroatoms. The highest BCUT2D eigenvalue weighted by Crippen LogP contribution is 2.20. The molecule has 0 fully saturated rings. The van der Waals surface area contributed by atoms with Crippen molar-refractivity contribution in [1.82, 2.24) is 20.3 Å². The maximum absolute atomic E-state index is 13.3. The van der Waals surface area contributed by atoms with Crippen molar-refractivity contribution in [3.8, 4) is 5.75 Å². The standard InChI is InChI=1S/C14H19FN4O2/c1-20-6-5-16-8-13-10-19(18-17-13)9-11-7-12(15)3-4-14(11)21-2/h3-4,7,10,16H,5-6,8-9H2,1-2H3. The van der Waals surface area contributed by atoms with E-state index in [2.05, 4.69) is 15.6 Å². The lowest BCUT2D eigenvalue weighted by Gasteiger charge is -2.08. The van der Waals surface area contributed by atoms with Crippen LogP contribution in [0.1, 0.15) is 11.3 Å². The van der Waals surface area contributed by atoms with E-state index in [-0.39, 0.29) is 5.82 Å². The first kappa shape index (κ1) is 15.4. The quantitative estimate of drug-likeness (QED) is 0.742. The Hall–Kier alpha value is -1.99. The number of methoxy groups -OCH3 is 2. The van der Waals surface area contributed by atoms with Crippen molar-refractivity contribution in [2.24, 2.45) is 0 Å². The van der Waals surface area contributed by atoms with Crippen LogP contribution in [-0.2, 0) is 17.8 Å². The summed E-state index contributed by atoms with van der Waals surface area (Å²) in [6, 6.07) is 4.42. The molecule has 0 radical (unpaired) electrons. The molecule has 2 aromatic rings. The fourth-order valence-electron chi connectivity index (χ4n) is 1.93. The second-order valence-corrected chi connectivity index (χ2v) is 4.53. The maximum atomic E-state index is 13.3. The van der Waals surface area contributed by atoms with E-state index < -0.39 is 0 Å². The van der Waals surface area contributed by atoms with E-state index in [1.807, 2.05) is 6.20 Å². The van der Waals surface area contributed by atoms with Gasteiger partial charge in [-0.1, -0.05) is 5.21 Å². The van der Waals surface area contributed by atoms with Crippen LogP contribution in [0.5, 0.6) is 5.75 Å². The largest absolute Gasteiger partial charge is 0.496 e. The molecule has 0 spiro atoms. The fourth-order valence-corrected chi connectivity index (χ4v) is 1.93. The van der Waals surface area contributed by atoms with Crippen LogP contribution in [0.2, 0.25) is 0 Å². The molecule has 0 atom stereocenters. The summed E-state index contributed by atoms with van der Waals surface area (Å²) in [6.45, 7) is 2.42. The Labute approximate surface area is 122 Å². The van der Waals surface area contributed by atoms with Crippen molar-refractivity contribution in [3.63, 3.8) is 0 Å². The fraction of sp³-hybridized carbons (Fsp3) is 0.429. The van der Waals surface area contributed by atoms with Crippen LogP contribution in [0.3, 0.4) is 0 Å². The monoisotopic (exact) mass is 294 g/mol. The minimum absolute atomic E-state index is 0.299. The number of benzene rings is 1. The van der Waals surface area contributed by atoms with Crippen LogP contribution in [0.4, 0.5) is 4.39 Å². The molecule has 114 valence electrons. The van der Waals surface area contributed by atoms with Gasteiger partial charge in [-0.3, -0.25) is 0 Å². The average molecular weight is 294 g/mol. The van der Waals surface area contributed by atoms with Gasteiger partial charge in [-0.25, -0.2) is 9.07 Å². The molecule has 0 saturated carbocycles. The minimum atomic E-state index is -0.299. The first-order chi connectivity index (χ1) is 10.2. The van der Waals surface area contributed by atoms with Crippen LogP contribution in [0, 0.1) is 5.82 Å². The molecule has 0 unspecified atom stereocenters. The lowest BCUT2D eigenvalue weighted by Crippen LogP contribution is -2.18.